The molecule has 1 saturated heterocycles. The number of nitrogens with one attached hydrogen (secondary N) is 1. The lowest BCUT2D eigenvalue weighted by Crippen LogP contribution is -2.52. The maximum absolute atomic E-state index is 13.1. The van der Waals surface area contributed by atoms with Crippen LogP contribution in [0.15, 0.2) is 54.6 Å². The number of carboxylic acids is 1. The molecule has 28 heavy (non-hydrogen) atoms. The minimum Gasteiger partial charge on any atom is -0.480 e. The summed E-state index contributed by atoms with van der Waals surface area (Å²) in [7, 11) is 0. The van der Waals surface area contributed by atoms with Crippen molar-refractivity contribution in [3.8, 4) is 0 Å². The average Bonchev–Trinajstić information content (AvgIpc) is 3.19. The van der Waals surface area contributed by atoms with Crippen LogP contribution in [0.3, 0.4) is 0 Å². The molecule has 0 bridgehead atoms. The first-order valence-electron chi connectivity index (χ1n) is 9.40. The molecule has 0 spiro atoms. The zero-order chi connectivity index (χ0) is 20.1. The Kier molecular flexibility index (Phi) is 6.09. The minimum atomic E-state index is -1.01. The third-order valence-electron chi connectivity index (χ3n) is 5.02. The fourth-order valence-corrected chi connectivity index (χ4v) is 3.48. The molecular formula is C22H24N2O4. The second-order valence-electron chi connectivity index (χ2n) is 7.11. The van der Waals surface area contributed by atoms with E-state index in [1.807, 2.05) is 37.3 Å². The first kappa shape index (κ1) is 19.6. The smallest absolute Gasteiger partial charge is 0.326 e. The van der Waals surface area contributed by atoms with Gasteiger partial charge in [-0.2, -0.15) is 0 Å². The van der Waals surface area contributed by atoms with Crippen LogP contribution in [0, 0.1) is 6.92 Å². The van der Waals surface area contributed by atoms with Gasteiger partial charge >= 0.3 is 5.97 Å². The van der Waals surface area contributed by atoms with Gasteiger partial charge in [-0.25, -0.2) is 4.79 Å². The lowest BCUT2D eigenvalue weighted by atomic mass is 10.0. The average molecular weight is 380 g/mol. The van der Waals surface area contributed by atoms with Gasteiger partial charge in [-0.3, -0.25) is 9.59 Å². The van der Waals surface area contributed by atoms with Crippen molar-refractivity contribution < 1.29 is 19.5 Å². The van der Waals surface area contributed by atoms with Crippen LogP contribution in [-0.4, -0.2) is 46.4 Å². The molecule has 2 aromatic carbocycles. The van der Waals surface area contributed by atoms with Gasteiger partial charge in [0, 0.05) is 18.5 Å². The Hall–Kier alpha value is -3.15. The van der Waals surface area contributed by atoms with Crippen LogP contribution in [0.25, 0.3) is 0 Å². The Morgan fingerprint density at radius 1 is 1.11 bits per heavy atom. The van der Waals surface area contributed by atoms with Crippen molar-refractivity contribution in [1.29, 1.82) is 0 Å². The Bertz CT molecular complexity index is 849. The molecule has 2 aromatic rings. The van der Waals surface area contributed by atoms with Gasteiger partial charge in [0.05, 0.1) is 0 Å². The van der Waals surface area contributed by atoms with Gasteiger partial charge in [-0.1, -0.05) is 48.0 Å². The molecule has 0 aromatic heterocycles. The molecule has 0 aliphatic carbocycles. The number of benzene rings is 2. The quantitative estimate of drug-likeness (QED) is 0.806. The van der Waals surface area contributed by atoms with Crippen LogP contribution in [0.4, 0.5) is 0 Å². The van der Waals surface area contributed by atoms with E-state index >= 15 is 0 Å². The first-order valence-corrected chi connectivity index (χ1v) is 9.40. The number of hydrogen-bond donors (Lipinski definition) is 2. The van der Waals surface area contributed by atoms with Crippen molar-refractivity contribution in [3.05, 3.63) is 71.3 Å². The largest absolute Gasteiger partial charge is 0.480 e. The molecule has 3 rings (SSSR count). The van der Waals surface area contributed by atoms with E-state index in [1.165, 1.54) is 4.90 Å². The molecule has 6 heteroatoms. The van der Waals surface area contributed by atoms with Crippen LogP contribution in [0.2, 0.25) is 0 Å². The maximum Gasteiger partial charge on any atom is 0.326 e. The summed E-state index contributed by atoms with van der Waals surface area (Å²) in [6.45, 7) is 2.37. The van der Waals surface area contributed by atoms with E-state index in [9.17, 15) is 19.5 Å². The third-order valence-corrected chi connectivity index (χ3v) is 5.02. The van der Waals surface area contributed by atoms with E-state index in [2.05, 4.69) is 5.32 Å². The van der Waals surface area contributed by atoms with Crippen molar-refractivity contribution in [3.63, 3.8) is 0 Å². The molecule has 0 saturated carbocycles. The summed E-state index contributed by atoms with van der Waals surface area (Å²) in [5.74, 6) is -1.71. The highest BCUT2D eigenvalue weighted by Crippen LogP contribution is 2.20. The summed E-state index contributed by atoms with van der Waals surface area (Å²) >= 11 is 0. The lowest BCUT2D eigenvalue weighted by molar-refractivity contribution is -0.148. The monoisotopic (exact) mass is 380 g/mol. The molecule has 2 amide bonds. The summed E-state index contributed by atoms with van der Waals surface area (Å²) in [6, 6.07) is 14.8. The van der Waals surface area contributed by atoms with Gasteiger partial charge in [-0.15, -0.1) is 0 Å². The number of nitrogens with zero attached hydrogens (tertiary/aromatic N) is 1. The van der Waals surface area contributed by atoms with Crippen molar-refractivity contribution in [1.82, 2.24) is 10.2 Å². The van der Waals surface area contributed by atoms with Crippen LogP contribution >= 0.6 is 0 Å². The maximum atomic E-state index is 13.1. The molecule has 1 heterocycles. The van der Waals surface area contributed by atoms with E-state index in [-0.39, 0.29) is 11.8 Å². The second kappa shape index (κ2) is 8.69. The SMILES string of the molecule is Cc1ccc(C[C@@H](NC(=O)c2ccccc2)C(=O)N2CCC[C@H]2C(=O)O)cc1. The summed E-state index contributed by atoms with van der Waals surface area (Å²) in [6.07, 6.45) is 1.39. The number of rotatable bonds is 6. The third kappa shape index (κ3) is 4.57. The molecular weight excluding hydrogens is 356 g/mol. The summed E-state index contributed by atoms with van der Waals surface area (Å²) in [5, 5.41) is 12.2. The number of carbonyl (C=O) groups is 3. The molecule has 1 aliphatic rings. The van der Waals surface area contributed by atoms with Gasteiger partial charge < -0.3 is 15.3 Å². The van der Waals surface area contributed by atoms with Crippen LogP contribution in [0.1, 0.15) is 34.3 Å². The standard InChI is InChI=1S/C22H24N2O4/c1-15-9-11-16(12-10-15)14-18(23-20(25)17-6-3-2-4-7-17)21(26)24-13-5-8-19(24)22(27)28/h2-4,6-7,9-12,18-19H,5,8,13-14H2,1H3,(H,23,25)(H,27,28)/t18-,19+/m1/s1. The van der Waals surface area contributed by atoms with E-state index < -0.39 is 18.1 Å². The number of carbonyl (C=O) groups excluding carboxylic acids is 2. The predicted octanol–water partition coefficient (Wildman–Crippen LogP) is 2.41. The zero-order valence-electron chi connectivity index (χ0n) is 15.8. The van der Waals surface area contributed by atoms with Crippen LogP contribution in [0.5, 0.6) is 0 Å². The van der Waals surface area contributed by atoms with Crippen molar-refractivity contribution in [2.75, 3.05) is 6.54 Å². The summed E-state index contributed by atoms with van der Waals surface area (Å²) in [4.78, 5) is 38.7. The van der Waals surface area contributed by atoms with E-state index in [0.29, 0.717) is 31.4 Å². The number of amides is 2. The predicted molar refractivity (Wildman–Crippen MR) is 105 cm³/mol. The molecule has 0 radical (unpaired) electrons. The first-order chi connectivity index (χ1) is 13.5. The number of aryl methyl sites for hydroxylation is 1. The van der Waals surface area contributed by atoms with Gasteiger partial charge in [0.15, 0.2) is 0 Å². The van der Waals surface area contributed by atoms with E-state index in [0.717, 1.165) is 11.1 Å². The van der Waals surface area contributed by atoms with Gasteiger partial charge in [0.1, 0.15) is 12.1 Å². The zero-order valence-corrected chi connectivity index (χ0v) is 15.8. The van der Waals surface area contributed by atoms with Gasteiger partial charge in [0.25, 0.3) is 5.91 Å². The molecule has 1 fully saturated rings. The van der Waals surface area contributed by atoms with Crippen LogP contribution in [-0.2, 0) is 16.0 Å². The molecule has 146 valence electrons. The highest BCUT2D eigenvalue weighted by Gasteiger charge is 2.37. The molecule has 1 aliphatic heterocycles. The van der Waals surface area contributed by atoms with Crippen molar-refractivity contribution in [2.45, 2.75) is 38.3 Å². The molecule has 2 atom stereocenters. The molecule has 0 unspecified atom stereocenters. The van der Waals surface area contributed by atoms with Gasteiger partial charge in [-0.05, 0) is 37.5 Å². The van der Waals surface area contributed by atoms with E-state index in [4.69, 9.17) is 0 Å². The molecule has 6 nitrogen and oxygen atoms in total. The number of likely N-dealkylation sites (tertiary alicyclic amines) is 1. The Morgan fingerprint density at radius 2 is 1.79 bits per heavy atom. The number of carboxylic acid groups (broad SMARTS) is 1. The Morgan fingerprint density at radius 3 is 2.43 bits per heavy atom. The number of aliphatic carboxylic acids is 1. The summed E-state index contributed by atoms with van der Waals surface area (Å²) < 4.78 is 0. The fourth-order valence-electron chi connectivity index (χ4n) is 3.48. The Labute approximate surface area is 164 Å². The second-order valence-corrected chi connectivity index (χ2v) is 7.11. The molecule has 2 N–H and O–H groups in total. The number of hydrogen-bond acceptors (Lipinski definition) is 3. The fraction of sp³-hybridized carbons (Fsp3) is 0.318. The summed E-state index contributed by atoms with van der Waals surface area (Å²) in [5.41, 5.74) is 2.47. The highest BCUT2D eigenvalue weighted by molar-refractivity contribution is 5.98. The van der Waals surface area contributed by atoms with Crippen LogP contribution < -0.4 is 5.32 Å². The van der Waals surface area contributed by atoms with Crippen molar-refractivity contribution in [2.24, 2.45) is 0 Å². The lowest BCUT2D eigenvalue weighted by Gasteiger charge is -2.27. The Balaban J connectivity index is 1.82. The minimum absolute atomic E-state index is 0.306. The van der Waals surface area contributed by atoms with Gasteiger partial charge in [0.2, 0.25) is 5.91 Å². The topological polar surface area (TPSA) is 86.7 Å². The van der Waals surface area contributed by atoms with E-state index in [1.54, 1.807) is 24.3 Å². The normalized spacial score (nSPS) is 17.2. The highest BCUT2D eigenvalue weighted by atomic mass is 16.4. The van der Waals surface area contributed by atoms with Crippen molar-refractivity contribution >= 4 is 17.8 Å².